The number of hydrogen-bond donors (Lipinski definition) is 1. The number of carbonyl (C=O) groups excluding carboxylic acids is 1. The van der Waals surface area contributed by atoms with Crippen LogP contribution >= 0.6 is 11.6 Å². The van der Waals surface area contributed by atoms with Crippen molar-refractivity contribution in [1.29, 1.82) is 0 Å². The van der Waals surface area contributed by atoms with Gasteiger partial charge in [-0.25, -0.2) is 9.48 Å². The Bertz CT molecular complexity index is 1410. The van der Waals surface area contributed by atoms with Gasteiger partial charge in [0.25, 0.3) is 0 Å². The average Bonchev–Trinajstić information content (AvgIpc) is 3.18. The molecular formula is C26H22ClF3N4O2. The molecule has 0 radical (unpaired) electrons. The summed E-state index contributed by atoms with van der Waals surface area (Å²) in [6.45, 7) is 1.34. The van der Waals surface area contributed by atoms with Crippen LogP contribution in [0.1, 0.15) is 29.7 Å². The van der Waals surface area contributed by atoms with Crippen molar-refractivity contribution in [2.75, 3.05) is 0 Å². The first-order valence-corrected chi connectivity index (χ1v) is 11.4. The quantitative estimate of drug-likeness (QED) is 0.363. The van der Waals surface area contributed by atoms with E-state index >= 15 is 0 Å². The zero-order valence-corrected chi connectivity index (χ0v) is 19.9. The van der Waals surface area contributed by atoms with Crippen molar-refractivity contribution in [3.63, 3.8) is 0 Å². The van der Waals surface area contributed by atoms with Crippen LogP contribution < -0.4 is 11.0 Å². The summed E-state index contributed by atoms with van der Waals surface area (Å²) in [6, 6.07) is 20.5. The van der Waals surface area contributed by atoms with Crippen LogP contribution in [-0.4, -0.2) is 20.3 Å². The summed E-state index contributed by atoms with van der Waals surface area (Å²) in [6.07, 6.45) is -4.48. The van der Waals surface area contributed by atoms with Gasteiger partial charge in [-0.3, -0.25) is 9.36 Å². The van der Waals surface area contributed by atoms with E-state index in [1.165, 1.54) is 16.7 Å². The molecule has 3 aromatic carbocycles. The SMILES string of the molecule is C[C@H](c1ccccc1)n1c(-c2ccc(Cl)cc2)nn(CC(=O)NCc2cccc(C(F)(F)F)c2)c1=O. The molecule has 0 fully saturated rings. The van der Waals surface area contributed by atoms with Crippen LogP contribution in [-0.2, 0) is 24.1 Å². The molecule has 0 bridgehead atoms. The van der Waals surface area contributed by atoms with Crippen molar-refractivity contribution in [3.8, 4) is 11.4 Å². The summed E-state index contributed by atoms with van der Waals surface area (Å²) in [4.78, 5) is 25.9. The first-order valence-electron chi connectivity index (χ1n) is 11.1. The van der Waals surface area contributed by atoms with Crippen LogP contribution in [0.4, 0.5) is 13.2 Å². The van der Waals surface area contributed by atoms with E-state index in [1.54, 1.807) is 24.3 Å². The highest BCUT2D eigenvalue weighted by molar-refractivity contribution is 6.30. The van der Waals surface area contributed by atoms with Crippen LogP contribution in [0.2, 0.25) is 5.02 Å². The number of hydrogen-bond acceptors (Lipinski definition) is 3. The molecule has 4 rings (SSSR count). The van der Waals surface area contributed by atoms with Crippen molar-refractivity contribution in [2.24, 2.45) is 0 Å². The highest BCUT2D eigenvalue weighted by Gasteiger charge is 2.30. The fourth-order valence-electron chi connectivity index (χ4n) is 3.80. The minimum absolute atomic E-state index is 0.122. The van der Waals surface area contributed by atoms with E-state index in [4.69, 9.17) is 11.6 Å². The Hall–Kier alpha value is -3.85. The van der Waals surface area contributed by atoms with Gasteiger partial charge in [-0.2, -0.15) is 13.2 Å². The molecule has 0 aliphatic carbocycles. The lowest BCUT2D eigenvalue weighted by Gasteiger charge is -2.15. The van der Waals surface area contributed by atoms with Crippen molar-refractivity contribution in [1.82, 2.24) is 19.7 Å². The lowest BCUT2D eigenvalue weighted by atomic mass is 10.1. The number of amides is 1. The normalized spacial score (nSPS) is 12.4. The molecule has 0 saturated heterocycles. The van der Waals surface area contributed by atoms with E-state index in [9.17, 15) is 22.8 Å². The summed E-state index contributed by atoms with van der Waals surface area (Å²) in [7, 11) is 0. The number of nitrogens with zero attached hydrogens (tertiary/aromatic N) is 3. The van der Waals surface area contributed by atoms with Gasteiger partial charge < -0.3 is 5.32 Å². The number of nitrogens with one attached hydrogen (secondary N) is 1. The lowest BCUT2D eigenvalue weighted by molar-refractivity contribution is -0.137. The maximum absolute atomic E-state index is 13.3. The van der Waals surface area contributed by atoms with E-state index in [1.807, 2.05) is 37.3 Å². The first kappa shape index (κ1) is 25.2. The highest BCUT2D eigenvalue weighted by atomic mass is 35.5. The Morgan fingerprint density at radius 3 is 2.39 bits per heavy atom. The average molecular weight is 515 g/mol. The Kier molecular flexibility index (Phi) is 7.30. The minimum atomic E-state index is -4.48. The van der Waals surface area contributed by atoms with E-state index in [-0.39, 0.29) is 18.2 Å². The molecule has 0 unspecified atom stereocenters. The molecule has 186 valence electrons. The first-order chi connectivity index (χ1) is 17.1. The smallest absolute Gasteiger partial charge is 0.350 e. The van der Waals surface area contributed by atoms with Crippen molar-refractivity contribution >= 4 is 17.5 Å². The Morgan fingerprint density at radius 1 is 1.03 bits per heavy atom. The highest BCUT2D eigenvalue weighted by Crippen LogP contribution is 2.29. The van der Waals surface area contributed by atoms with E-state index < -0.39 is 29.9 Å². The third kappa shape index (κ3) is 5.68. The summed E-state index contributed by atoms with van der Waals surface area (Å²) < 4.78 is 41.4. The Labute approximate surface area is 210 Å². The Morgan fingerprint density at radius 2 is 1.72 bits per heavy atom. The molecule has 0 aliphatic rings. The lowest BCUT2D eigenvalue weighted by Crippen LogP contribution is -2.34. The maximum atomic E-state index is 13.3. The van der Waals surface area contributed by atoms with Gasteiger partial charge in [0.05, 0.1) is 11.6 Å². The van der Waals surface area contributed by atoms with Crippen molar-refractivity contribution < 1.29 is 18.0 Å². The molecule has 0 aliphatic heterocycles. The van der Waals surface area contributed by atoms with Crippen LogP contribution in [0.15, 0.2) is 83.7 Å². The second kappa shape index (κ2) is 10.4. The van der Waals surface area contributed by atoms with Gasteiger partial charge in [-0.1, -0.05) is 54.1 Å². The predicted molar refractivity (Wildman–Crippen MR) is 130 cm³/mol. The molecule has 4 aromatic rings. The van der Waals surface area contributed by atoms with Gasteiger partial charge in [0.15, 0.2) is 5.82 Å². The van der Waals surface area contributed by atoms with Crippen LogP contribution in [0, 0.1) is 0 Å². The van der Waals surface area contributed by atoms with Crippen LogP contribution in [0.5, 0.6) is 0 Å². The molecule has 1 heterocycles. The zero-order valence-electron chi connectivity index (χ0n) is 19.2. The van der Waals surface area contributed by atoms with Gasteiger partial charge in [-0.05, 0) is 54.4 Å². The van der Waals surface area contributed by atoms with E-state index in [0.29, 0.717) is 16.4 Å². The fraction of sp³-hybridized carbons (Fsp3) is 0.192. The van der Waals surface area contributed by atoms with Gasteiger partial charge in [0, 0.05) is 17.1 Å². The fourth-order valence-corrected chi connectivity index (χ4v) is 3.92. The Balaban J connectivity index is 1.59. The van der Waals surface area contributed by atoms with Crippen LogP contribution in [0.3, 0.4) is 0 Å². The number of carbonyl (C=O) groups is 1. The van der Waals surface area contributed by atoms with Crippen LogP contribution in [0.25, 0.3) is 11.4 Å². The summed E-state index contributed by atoms with van der Waals surface area (Å²) >= 11 is 6.01. The molecule has 0 spiro atoms. The molecule has 10 heteroatoms. The molecule has 1 atom stereocenters. The number of halogens is 4. The van der Waals surface area contributed by atoms with Gasteiger partial charge in [0.1, 0.15) is 6.54 Å². The van der Waals surface area contributed by atoms with Gasteiger partial charge in [-0.15, -0.1) is 5.10 Å². The number of aromatic nitrogens is 3. The molecular weight excluding hydrogens is 493 g/mol. The maximum Gasteiger partial charge on any atom is 0.416 e. The van der Waals surface area contributed by atoms with E-state index in [2.05, 4.69) is 10.4 Å². The second-order valence-corrected chi connectivity index (χ2v) is 8.64. The van der Waals surface area contributed by atoms with Crippen molar-refractivity contribution in [3.05, 3.63) is 111 Å². The molecule has 36 heavy (non-hydrogen) atoms. The molecule has 6 nitrogen and oxygen atoms in total. The second-order valence-electron chi connectivity index (χ2n) is 8.20. The van der Waals surface area contributed by atoms with Crippen molar-refractivity contribution in [2.45, 2.75) is 32.2 Å². The summed E-state index contributed by atoms with van der Waals surface area (Å²) in [5.74, 6) is -0.201. The molecule has 1 amide bonds. The largest absolute Gasteiger partial charge is 0.416 e. The zero-order chi connectivity index (χ0) is 25.9. The van der Waals surface area contributed by atoms with Gasteiger partial charge in [0.2, 0.25) is 5.91 Å². The summed E-state index contributed by atoms with van der Waals surface area (Å²) in [5.41, 5.74) is 0.513. The number of benzene rings is 3. The minimum Gasteiger partial charge on any atom is -0.350 e. The third-order valence-electron chi connectivity index (χ3n) is 5.68. The molecule has 0 saturated carbocycles. The third-order valence-corrected chi connectivity index (χ3v) is 5.93. The topological polar surface area (TPSA) is 68.9 Å². The monoisotopic (exact) mass is 514 g/mol. The predicted octanol–water partition coefficient (Wildman–Crippen LogP) is 5.31. The standard InChI is InChI=1S/C26H22ClF3N4O2/c1-17(19-7-3-2-4-8-19)34-24(20-10-12-22(27)13-11-20)32-33(25(34)36)16-23(35)31-15-18-6-5-9-21(14-18)26(28,29)30/h2-14,17H,15-16H2,1H3,(H,31,35)/t17-/m1/s1. The molecule has 1 aromatic heterocycles. The van der Waals surface area contributed by atoms with Gasteiger partial charge >= 0.3 is 11.9 Å². The number of alkyl halides is 3. The van der Waals surface area contributed by atoms with E-state index in [0.717, 1.165) is 22.4 Å². The molecule has 1 N–H and O–H groups in total. The summed E-state index contributed by atoms with van der Waals surface area (Å²) in [5, 5.41) is 7.49. The number of rotatable bonds is 7.